The van der Waals surface area contributed by atoms with Crippen molar-refractivity contribution < 1.29 is 4.79 Å². The maximum Gasteiger partial charge on any atom is 0.262 e. The Balaban J connectivity index is 2.39. The number of nitrogens with one attached hydrogen (secondary N) is 1. The zero-order chi connectivity index (χ0) is 17.7. The third-order valence-electron chi connectivity index (χ3n) is 3.15. The van der Waals surface area contributed by atoms with Crippen molar-refractivity contribution in [3.8, 4) is 12.3 Å². The molecule has 0 radical (unpaired) electrons. The largest absolute Gasteiger partial charge is 0.344 e. The second-order valence-electron chi connectivity index (χ2n) is 5.63. The number of rotatable bonds is 6. The van der Waals surface area contributed by atoms with E-state index in [0.29, 0.717) is 27.6 Å². The third kappa shape index (κ3) is 4.53. The van der Waals surface area contributed by atoms with Crippen LogP contribution in [0.1, 0.15) is 13.8 Å². The molecule has 0 spiro atoms. The summed E-state index contributed by atoms with van der Waals surface area (Å²) in [5.74, 6) is 2.56. The van der Waals surface area contributed by atoms with E-state index in [9.17, 15) is 9.59 Å². The Morgan fingerprint density at radius 1 is 1.50 bits per heavy atom. The lowest BCUT2D eigenvalue weighted by Crippen LogP contribution is -2.28. The van der Waals surface area contributed by atoms with Gasteiger partial charge in [-0.05, 0) is 24.1 Å². The highest BCUT2D eigenvalue weighted by Crippen LogP contribution is 2.21. The van der Waals surface area contributed by atoms with Gasteiger partial charge in [0.25, 0.3) is 5.56 Å². The Morgan fingerprint density at radius 3 is 2.92 bits per heavy atom. The molecule has 0 fully saturated rings. The molecule has 1 aromatic carbocycles. The molecule has 0 atom stereocenters. The molecule has 126 valence electrons. The highest BCUT2D eigenvalue weighted by atomic mass is 35.5. The first-order valence-electron chi connectivity index (χ1n) is 7.45. The maximum atomic E-state index is 12.8. The van der Waals surface area contributed by atoms with Crippen molar-refractivity contribution in [2.24, 2.45) is 5.92 Å². The summed E-state index contributed by atoms with van der Waals surface area (Å²) in [5.41, 5.74) is 0.415. The van der Waals surface area contributed by atoms with Crippen LogP contribution in [0.2, 0.25) is 5.02 Å². The van der Waals surface area contributed by atoms with Gasteiger partial charge in [0, 0.05) is 11.6 Å². The average Bonchev–Trinajstić information content (AvgIpc) is 2.54. The molecule has 2 rings (SSSR count). The van der Waals surface area contributed by atoms with Gasteiger partial charge in [0.05, 0.1) is 23.2 Å². The Morgan fingerprint density at radius 2 is 2.25 bits per heavy atom. The number of carbonyl (C=O) groups excluding carboxylic acids is 1. The summed E-state index contributed by atoms with van der Waals surface area (Å²) in [6, 6.07) is 5.02. The summed E-state index contributed by atoms with van der Waals surface area (Å²) in [6.07, 6.45) is 5.12. The van der Waals surface area contributed by atoms with Crippen LogP contribution >= 0.6 is 23.4 Å². The van der Waals surface area contributed by atoms with Crippen molar-refractivity contribution in [1.29, 1.82) is 0 Å². The number of halogens is 1. The van der Waals surface area contributed by atoms with Crippen molar-refractivity contribution in [3.63, 3.8) is 0 Å². The number of hydrogen-bond acceptors (Lipinski definition) is 4. The van der Waals surface area contributed by atoms with E-state index in [4.69, 9.17) is 18.0 Å². The maximum absolute atomic E-state index is 12.8. The first-order valence-corrected chi connectivity index (χ1v) is 8.81. The fourth-order valence-electron chi connectivity index (χ4n) is 2.14. The number of benzene rings is 1. The van der Waals surface area contributed by atoms with Crippen LogP contribution in [0, 0.1) is 18.3 Å². The molecule has 2 aromatic rings. The molecule has 0 aliphatic carbocycles. The molecular weight excluding hydrogens is 346 g/mol. The van der Waals surface area contributed by atoms with E-state index in [2.05, 4.69) is 16.2 Å². The van der Waals surface area contributed by atoms with Crippen LogP contribution in [0.5, 0.6) is 0 Å². The second-order valence-corrected chi connectivity index (χ2v) is 7.01. The van der Waals surface area contributed by atoms with Crippen LogP contribution in [-0.2, 0) is 11.3 Å². The molecule has 24 heavy (non-hydrogen) atoms. The van der Waals surface area contributed by atoms with Gasteiger partial charge in [-0.25, -0.2) is 4.98 Å². The number of aromatic nitrogens is 2. The molecule has 0 unspecified atom stereocenters. The van der Waals surface area contributed by atoms with Gasteiger partial charge in [0.15, 0.2) is 5.16 Å². The van der Waals surface area contributed by atoms with E-state index < -0.39 is 0 Å². The number of carbonyl (C=O) groups is 1. The van der Waals surface area contributed by atoms with Gasteiger partial charge >= 0.3 is 0 Å². The minimum absolute atomic E-state index is 0.144. The molecule has 1 aromatic heterocycles. The average molecular weight is 364 g/mol. The van der Waals surface area contributed by atoms with Crippen molar-refractivity contribution in [3.05, 3.63) is 33.6 Å². The third-order valence-corrected chi connectivity index (χ3v) is 4.36. The summed E-state index contributed by atoms with van der Waals surface area (Å²) in [5, 5.41) is 4.08. The van der Waals surface area contributed by atoms with Crippen LogP contribution < -0.4 is 10.9 Å². The fourth-order valence-corrected chi connectivity index (χ4v) is 3.15. The predicted molar refractivity (Wildman–Crippen MR) is 98.4 cm³/mol. The first kappa shape index (κ1) is 18.4. The quantitative estimate of drug-likeness (QED) is 0.486. The van der Waals surface area contributed by atoms with Crippen molar-refractivity contribution in [2.75, 3.05) is 12.3 Å². The number of fused-ring (bicyclic) bond motifs is 1. The second kappa shape index (κ2) is 8.22. The smallest absolute Gasteiger partial charge is 0.262 e. The number of hydrogen-bond donors (Lipinski definition) is 1. The van der Waals surface area contributed by atoms with Gasteiger partial charge in [-0.1, -0.05) is 43.1 Å². The van der Waals surface area contributed by atoms with Crippen LogP contribution in [0.4, 0.5) is 0 Å². The van der Waals surface area contributed by atoms with Crippen LogP contribution in [-0.4, -0.2) is 27.8 Å². The van der Waals surface area contributed by atoms with Crippen molar-refractivity contribution >= 4 is 40.2 Å². The molecular formula is C17H18ClN3O2S. The molecule has 5 nitrogen and oxygen atoms in total. The predicted octanol–water partition coefficient (Wildman–Crippen LogP) is 2.55. The number of thioether (sulfide) groups is 1. The van der Waals surface area contributed by atoms with Crippen LogP contribution in [0.15, 0.2) is 28.2 Å². The normalized spacial score (nSPS) is 10.8. The van der Waals surface area contributed by atoms with Crippen LogP contribution in [0.3, 0.4) is 0 Å². The van der Waals surface area contributed by atoms with Gasteiger partial charge in [0.1, 0.15) is 0 Å². The van der Waals surface area contributed by atoms with Gasteiger partial charge in [-0.15, -0.1) is 6.42 Å². The molecule has 1 heterocycles. The Kier molecular flexibility index (Phi) is 6.29. The fraction of sp³-hybridized carbons (Fsp3) is 0.353. The molecule has 0 saturated heterocycles. The summed E-state index contributed by atoms with van der Waals surface area (Å²) in [7, 11) is 0. The zero-order valence-corrected chi connectivity index (χ0v) is 15.1. The van der Waals surface area contributed by atoms with Crippen molar-refractivity contribution in [1.82, 2.24) is 14.9 Å². The summed E-state index contributed by atoms with van der Waals surface area (Å²) in [6.45, 7) is 4.73. The molecule has 0 bridgehead atoms. The van der Waals surface area contributed by atoms with E-state index in [1.54, 1.807) is 22.8 Å². The standard InChI is InChI=1S/C17H18ClN3O2S/c1-4-7-19-15(22)10-24-17-20-14-6-5-12(18)8-13(14)16(23)21(17)9-11(2)3/h1,5-6,8,11H,7,9-10H2,2-3H3,(H,19,22). The van der Waals surface area contributed by atoms with Gasteiger partial charge in [0.2, 0.25) is 5.91 Å². The van der Waals surface area contributed by atoms with Crippen molar-refractivity contribution in [2.45, 2.75) is 25.5 Å². The summed E-state index contributed by atoms with van der Waals surface area (Å²) < 4.78 is 1.60. The molecule has 0 saturated carbocycles. The molecule has 1 amide bonds. The monoisotopic (exact) mass is 363 g/mol. The van der Waals surface area contributed by atoms with E-state index in [-0.39, 0.29) is 29.7 Å². The van der Waals surface area contributed by atoms with E-state index >= 15 is 0 Å². The number of terminal acetylenes is 1. The van der Waals surface area contributed by atoms with E-state index in [1.807, 2.05) is 13.8 Å². The zero-order valence-electron chi connectivity index (χ0n) is 13.5. The lowest BCUT2D eigenvalue weighted by atomic mass is 10.2. The number of nitrogens with zero attached hydrogens (tertiary/aromatic N) is 2. The molecule has 0 aliphatic heterocycles. The Bertz CT molecular complexity index is 855. The Hall–Kier alpha value is -1.97. The summed E-state index contributed by atoms with van der Waals surface area (Å²) in [4.78, 5) is 29.0. The topological polar surface area (TPSA) is 64.0 Å². The van der Waals surface area contributed by atoms with Crippen LogP contribution in [0.25, 0.3) is 10.9 Å². The molecule has 0 aliphatic rings. The lowest BCUT2D eigenvalue weighted by Gasteiger charge is -2.14. The number of amides is 1. The highest BCUT2D eigenvalue weighted by Gasteiger charge is 2.14. The highest BCUT2D eigenvalue weighted by molar-refractivity contribution is 7.99. The molecule has 7 heteroatoms. The van der Waals surface area contributed by atoms with Gasteiger partial charge in [-0.2, -0.15) is 0 Å². The molecule has 1 N–H and O–H groups in total. The minimum atomic E-state index is -0.195. The SMILES string of the molecule is C#CCNC(=O)CSc1nc2ccc(Cl)cc2c(=O)n1CC(C)C. The van der Waals surface area contributed by atoms with E-state index in [1.165, 1.54) is 11.8 Å². The van der Waals surface area contributed by atoms with Gasteiger partial charge in [-0.3, -0.25) is 14.2 Å². The minimum Gasteiger partial charge on any atom is -0.344 e. The summed E-state index contributed by atoms with van der Waals surface area (Å²) >= 11 is 7.21. The van der Waals surface area contributed by atoms with Gasteiger partial charge < -0.3 is 5.32 Å². The Labute approximate surface area is 149 Å². The first-order chi connectivity index (χ1) is 11.4. The van der Waals surface area contributed by atoms with E-state index in [0.717, 1.165) is 0 Å². The lowest BCUT2D eigenvalue weighted by molar-refractivity contribution is -0.118.